The quantitative estimate of drug-likeness (QED) is 0.642. The summed E-state index contributed by atoms with van der Waals surface area (Å²) in [5, 5.41) is 19.7. The van der Waals surface area contributed by atoms with Gasteiger partial charge in [-0.25, -0.2) is 13.6 Å². The molecule has 0 radical (unpaired) electrons. The van der Waals surface area contributed by atoms with E-state index < -0.39 is 14.9 Å². The Morgan fingerprint density at radius 3 is 2.68 bits per heavy atom. The van der Waals surface area contributed by atoms with Crippen LogP contribution in [0.4, 0.5) is 11.4 Å². The summed E-state index contributed by atoms with van der Waals surface area (Å²) in [5.41, 5.74) is 2.70. The van der Waals surface area contributed by atoms with Crippen molar-refractivity contribution in [3.63, 3.8) is 0 Å². The van der Waals surface area contributed by atoms with Crippen molar-refractivity contribution in [1.29, 1.82) is 0 Å². The van der Waals surface area contributed by atoms with Crippen LogP contribution in [-0.4, -0.2) is 19.4 Å². The van der Waals surface area contributed by atoms with Gasteiger partial charge in [-0.1, -0.05) is 24.3 Å². The van der Waals surface area contributed by atoms with Crippen molar-refractivity contribution >= 4 is 21.4 Å². The molecule has 0 aliphatic heterocycles. The molecule has 3 unspecified atom stereocenters. The normalized spacial score (nSPS) is 24.1. The zero-order chi connectivity index (χ0) is 17.8. The minimum absolute atomic E-state index is 0.127. The SMILES string of the molecule is NS(=O)(=O)c1ccc(NC2C3CCc4ccccc4C32)c([N+](=O)[O-])c1. The summed E-state index contributed by atoms with van der Waals surface area (Å²) in [7, 11) is -3.98. The third kappa shape index (κ3) is 2.77. The lowest BCUT2D eigenvalue weighted by atomic mass is 9.92. The van der Waals surface area contributed by atoms with Gasteiger partial charge in [-0.2, -0.15) is 0 Å². The second-order valence-corrected chi connectivity index (χ2v) is 8.14. The van der Waals surface area contributed by atoms with Crippen LogP contribution in [0.3, 0.4) is 0 Å². The maximum Gasteiger partial charge on any atom is 0.293 e. The van der Waals surface area contributed by atoms with E-state index in [-0.39, 0.29) is 16.6 Å². The molecule has 0 heterocycles. The van der Waals surface area contributed by atoms with E-state index in [4.69, 9.17) is 5.14 Å². The van der Waals surface area contributed by atoms with Crippen molar-refractivity contribution in [2.75, 3.05) is 5.32 Å². The van der Waals surface area contributed by atoms with Crippen LogP contribution in [0.15, 0.2) is 47.4 Å². The highest BCUT2D eigenvalue weighted by Gasteiger charge is 2.53. The number of aryl methyl sites for hydroxylation is 1. The first-order valence-corrected chi connectivity index (χ1v) is 9.56. The first-order valence-electron chi connectivity index (χ1n) is 8.02. The molecule has 2 aliphatic rings. The second kappa shape index (κ2) is 5.53. The smallest absolute Gasteiger partial charge is 0.293 e. The number of nitro benzene ring substituents is 1. The van der Waals surface area contributed by atoms with Crippen LogP contribution < -0.4 is 10.5 Å². The number of sulfonamides is 1. The average molecular weight is 359 g/mol. The first-order chi connectivity index (χ1) is 11.9. The molecule has 2 aromatic carbocycles. The fourth-order valence-electron chi connectivity index (χ4n) is 3.90. The molecule has 0 spiro atoms. The number of nitrogens with one attached hydrogen (secondary N) is 1. The number of nitro groups is 1. The van der Waals surface area contributed by atoms with E-state index in [0.29, 0.717) is 17.5 Å². The zero-order valence-electron chi connectivity index (χ0n) is 13.3. The van der Waals surface area contributed by atoms with Gasteiger partial charge in [0.05, 0.1) is 9.82 Å². The Balaban J connectivity index is 1.64. The number of hydrogen-bond acceptors (Lipinski definition) is 5. The molecule has 7 nitrogen and oxygen atoms in total. The number of primary sulfonamides is 1. The molecular formula is C17H17N3O4S. The van der Waals surface area contributed by atoms with Crippen LogP contribution in [0.5, 0.6) is 0 Å². The van der Waals surface area contributed by atoms with Gasteiger partial charge in [-0.3, -0.25) is 10.1 Å². The molecule has 3 N–H and O–H groups in total. The molecule has 2 aliphatic carbocycles. The van der Waals surface area contributed by atoms with Gasteiger partial charge in [-0.15, -0.1) is 0 Å². The van der Waals surface area contributed by atoms with Crippen LogP contribution in [0.25, 0.3) is 0 Å². The first kappa shape index (κ1) is 16.0. The van der Waals surface area contributed by atoms with Crippen molar-refractivity contribution in [1.82, 2.24) is 0 Å². The topological polar surface area (TPSA) is 115 Å². The maximum absolute atomic E-state index is 11.4. The summed E-state index contributed by atoms with van der Waals surface area (Å²) in [6.45, 7) is 0. The van der Waals surface area contributed by atoms with Gasteiger partial charge in [0.25, 0.3) is 5.69 Å². The summed E-state index contributed by atoms with van der Waals surface area (Å²) in [6.07, 6.45) is 2.06. The molecule has 1 saturated carbocycles. The lowest BCUT2D eigenvalue weighted by Gasteiger charge is -2.13. The number of fused-ring (bicyclic) bond motifs is 3. The zero-order valence-corrected chi connectivity index (χ0v) is 14.1. The Labute approximate surface area is 145 Å². The van der Waals surface area contributed by atoms with E-state index in [1.807, 2.05) is 12.1 Å². The van der Waals surface area contributed by atoms with Crippen LogP contribution in [0, 0.1) is 16.0 Å². The maximum atomic E-state index is 11.4. The molecule has 2 aromatic rings. The fraction of sp³-hybridized carbons (Fsp3) is 0.294. The molecule has 25 heavy (non-hydrogen) atoms. The summed E-state index contributed by atoms with van der Waals surface area (Å²) >= 11 is 0. The van der Waals surface area contributed by atoms with E-state index in [0.717, 1.165) is 18.9 Å². The molecule has 1 fully saturated rings. The number of anilines is 1. The predicted octanol–water partition coefficient (Wildman–Crippen LogP) is 2.38. The molecule has 0 aromatic heterocycles. The van der Waals surface area contributed by atoms with E-state index in [1.165, 1.54) is 23.3 Å². The molecule has 4 rings (SSSR count). The largest absolute Gasteiger partial charge is 0.376 e. The van der Waals surface area contributed by atoms with Gasteiger partial charge in [0, 0.05) is 18.0 Å². The van der Waals surface area contributed by atoms with E-state index in [1.54, 1.807) is 0 Å². The second-order valence-electron chi connectivity index (χ2n) is 6.58. The van der Waals surface area contributed by atoms with Crippen molar-refractivity contribution in [2.24, 2.45) is 11.1 Å². The summed E-state index contributed by atoms with van der Waals surface area (Å²) in [5.74, 6) is 0.801. The summed E-state index contributed by atoms with van der Waals surface area (Å²) in [4.78, 5) is 10.5. The summed E-state index contributed by atoms with van der Waals surface area (Å²) in [6, 6.07) is 12.1. The van der Waals surface area contributed by atoms with Gasteiger partial charge in [0.15, 0.2) is 0 Å². The predicted molar refractivity (Wildman–Crippen MR) is 92.9 cm³/mol. The lowest BCUT2D eigenvalue weighted by molar-refractivity contribution is -0.384. The molecule has 3 atom stereocenters. The minimum atomic E-state index is -3.98. The highest BCUT2D eigenvalue weighted by atomic mass is 32.2. The number of rotatable bonds is 4. The Morgan fingerprint density at radius 1 is 1.20 bits per heavy atom. The van der Waals surface area contributed by atoms with Crippen molar-refractivity contribution in [3.8, 4) is 0 Å². The van der Waals surface area contributed by atoms with Crippen LogP contribution in [-0.2, 0) is 16.4 Å². The number of nitrogens with zero attached hydrogens (tertiary/aromatic N) is 1. The Hall–Kier alpha value is -2.45. The van der Waals surface area contributed by atoms with Crippen molar-refractivity contribution in [3.05, 3.63) is 63.7 Å². The van der Waals surface area contributed by atoms with Crippen LogP contribution in [0.1, 0.15) is 23.5 Å². The van der Waals surface area contributed by atoms with E-state index in [2.05, 4.69) is 17.4 Å². The molecular weight excluding hydrogens is 342 g/mol. The molecule has 130 valence electrons. The third-order valence-corrected chi connectivity index (χ3v) is 6.06. The Morgan fingerprint density at radius 2 is 1.96 bits per heavy atom. The van der Waals surface area contributed by atoms with Crippen molar-refractivity contribution in [2.45, 2.75) is 29.7 Å². The van der Waals surface area contributed by atoms with Gasteiger partial charge in [0.2, 0.25) is 10.0 Å². The van der Waals surface area contributed by atoms with Gasteiger partial charge >= 0.3 is 0 Å². The monoisotopic (exact) mass is 359 g/mol. The molecule has 0 saturated heterocycles. The van der Waals surface area contributed by atoms with E-state index in [9.17, 15) is 18.5 Å². The molecule has 0 bridgehead atoms. The standard InChI is InChI=1S/C17H17N3O4S/c18-25(23,24)11-6-8-14(15(9-11)20(21)22)19-17-13-7-5-10-3-1-2-4-12(10)16(13)17/h1-4,6,8-9,13,16-17,19H,5,7H2,(H2,18,23,24). The molecule has 0 amide bonds. The summed E-state index contributed by atoms with van der Waals surface area (Å²) < 4.78 is 22.9. The van der Waals surface area contributed by atoms with Crippen LogP contribution in [0.2, 0.25) is 0 Å². The molecule has 8 heteroatoms. The van der Waals surface area contributed by atoms with Gasteiger partial charge < -0.3 is 5.32 Å². The number of hydrogen-bond donors (Lipinski definition) is 2. The Kier molecular flexibility index (Phi) is 3.55. The third-order valence-electron chi connectivity index (χ3n) is 5.15. The highest BCUT2D eigenvalue weighted by molar-refractivity contribution is 7.89. The Bertz CT molecular complexity index is 974. The van der Waals surface area contributed by atoms with Crippen molar-refractivity contribution < 1.29 is 13.3 Å². The average Bonchev–Trinajstić information content (AvgIpc) is 3.27. The van der Waals surface area contributed by atoms with E-state index >= 15 is 0 Å². The highest BCUT2D eigenvalue weighted by Crippen LogP contribution is 2.56. The van der Waals surface area contributed by atoms with Crippen LogP contribution >= 0.6 is 0 Å². The lowest BCUT2D eigenvalue weighted by Crippen LogP contribution is -2.13. The number of nitrogens with two attached hydrogens (primary N) is 1. The number of benzene rings is 2. The van der Waals surface area contributed by atoms with Gasteiger partial charge in [0.1, 0.15) is 5.69 Å². The van der Waals surface area contributed by atoms with Gasteiger partial charge in [-0.05, 0) is 42.0 Å². The fourth-order valence-corrected chi connectivity index (χ4v) is 4.44. The minimum Gasteiger partial charge on any atom is -0.376 e.